The molecule has 4 rings (SSSR count). The van der Waals surface area contributed by atoms with Crippen molar-refractivity contribution in [1.82, 2.24) is 9.38 Å². The van der Waals surface area contributed by atoms with Gasteiger partial charge in [0.1, 0.15) is 23.3 Å². The third kappa shape index (κ3) is 2.43. The molecule has 0 spiro atoms. The van der Waals surface area contributed by atoms with Crippen LogP contribution in [0.15, 0.2) is 30.5 Å². The monoisotopic (exact) mass is 342 g/mol. The van der Waals surface area contributed by atoms with Crippen LogP contribution in [0.4, 0.5) is 20.3 Å². The fourth-order valence-electron chi connectivity index (χ4n) is 3.08. The van der Waals surface area contributed by atoms with Gasteiger partial charge >= 0.3 is 0 Å². The van der Waals surface area contributed by atoms with Gasteiger partial charge in [0.15, 0.2) is 11.6 Å². The summed E-state index contributed by atoms with van der Waals surface area (Å²) >= 11 is 0. The van der Waals surface area contributed by atoms with Crippen LogP contribution in [-0.2, 0) is 0 Å². The molecule has 4 N–H and O–H groups in total. The highest BCUT2D eigenvalue weighted by Crippen LogP contribution is 2.38. The molecule has 2 aromatic heterocycles. The number of nitrogens with two attached hydrogens (primary N) is 2. The van der Waals surface area contributed by atoms with E-state index in [0.29, 0.717) is 28.0 Å². The average molecular weight is 342 g/mol. The molecule has 1 aliphatic rings. The molecule has 3 aromatic rings. The number of aromatic nitrogens is 2. The van der Waals surface area contributed by atoms with E-state index in [-0.39, 0.29) is 23.7 Å². The molecule has 1 fully saturated rings. The van der Waals surface area contributed by atoms with Crippen molar-refractivity contribution in [3.63, 3.8) is 0 Å². The van der Waals surface area contributed by atoms with Gasteiger partial charge in [0, 0.05) is 11.9 Å². The fourth-order valence-corrected chi connectivity index (χ4v) is 3.08. The number of Topliss-reactive ketones (excluding diaryl/α,β-unsaturated/α-hetero) is 1. The predicted octanol–water partition coefficient (Wildman–Crippen LogP) is 3.15. The quantitative estimate of drug-likeness (QED) is 0.565. The van der Waals surface area contributed by atoms with Crippen molar-refractivity contribution in [2.75, 3.05) is 11.5 Å². The van der Waals surface area contributed by atoms with Crippen LogP contribution in [0, 0.1) is 18.7 Å². The van der Waals surface area contributed by atoms with E-state index in [2.05, 4.69) is 4.98 Å². The van der Waals surface area contributed by atoms with Gasteiger partial charge < -0.3 is 11.5 Å². The molecule has 0 radical (unpaired) electrons. The first-order chi connectivity index (χ1) is 11.9. The van der Waals surface area contributed by atoms with Crippen LogP contribution < -0.4 is 11.5 Å². The summed E-state index contributed by atoms with van der Waals surface area (Å²) in [7, 11) is 0. The van der Waals surface area contributed by atoms with Crippen LogP contribution in [0.1, 0.15) is 22.5 Å². The second kappa shape index (κ2) is 5.27. The number of alkyl halides is 1. The number of benzene rings is 1. The Balaban J connectivity index is 1.90. The SMILES string of the molecule is Cc1c(F)cc(N)cc1-c1ccc2nc(N)c(C(=O)[C@@H]3C[C@@H]3F)n2c1. The standard InChI is InChI=1S/C18H16F2N4O/c1-8-11(4-10(21)5-13(8)19)9-2-3-15-23-18(22)16(24(15)7-9)17(25)12-6-14(12)20/h2-5,7,12,14H,6,21-22H2,1H3/t12-,14+/m1/s1. The number of carbonyl (C=O) groups excluding carboxylic acids is 1. The second-order valence-electron chi connectivity index (χ2n) is 6.39. The van der Waals surface area contributed by atoms with Crippen molar-refractivity contribution in [2.45, 2.75) is 19.5 Å². The number of halogens is 2. The van der Waals surface area contributed by atoms with E-state index in [1.54, 1.807) is 35.7 Å². The Labute approximate surface area is 142 Å². The molecule has 2 atom stereocenters. The lowest BCUT2D eigenvalue weighted by molar-refractivity contribution is 0.0952. The molecule has 1 saturated carbocycles. The summed E-state index contributed by atoms with van der Waals surface area (Å²) < 4.78 is 28.8. The third-order valence-electron chi connectivity index (χ3n) is 4.61. The van der Waals surface area contributed by atoms with Crippen molar-refractivity contribution in [1.29, 1.82) is 0 Å². The number of ketones is 1. The van der Waals surface area contributed by atoms with E-state index >= 15 is 0 Å². The number of anilines is 2. The highest BCUT2D eigenvalue weighted by molar-refractivity contribution is 6.03. The topological polar surface area (TPSA) is 86.4 Å². The van der Waals surface area contributed by atoms with Gasteiger partial charge in [-0.1, -0.05) is 0 Å². The van der Waals surface area contributed by atoms with E-state index in [1.807, 2.05) is 0 Å². The Bertz CT molecular complexity index is 1030. The number of carbonyl (C=O) groups is 1. The first kappa shape index (κ1) is 15.6. The first-order valence-electron chi connectivity index (χ1n) is 7.88. The van der Waals surface area contributed by atoms with Crippen LogP contribution in [-0.4, -0.2) is 21.3 Å². The van der Waals surface area contributed by atoms with E-state index in [1.165, 1.54) is 6.07 Å². The predicted molar refractivity (Wildman–Crippen MR) is 91.5 cm³/mol. The average Bonchev–Trinajstić information content (AvgIpc) is 3.19. The Morgan fingerprint density at radius 1 is 1.32 bits per heavy atom. The van der Waals surface area contributed by atoms with E-state index in [9.17, 15) is 13.6 Å². The van der Waals surface area contributed by atoms with Gasteiger partial charge in [-0.15, -0.1) is 0 Å². The lowest BCUT2D eigenvalue weighted by Crippen LogP contribution is -2.10. The Morgan fingerprint density at radius 3 is 2.72 bits per heavy atom. The van der Waals surface area contributed by atoms with Crippen LogP contribution in [0.5, 0.6) is 0 Å². The van der Waals surface area contributed by atoms with Gasteiger partial charge in [-0.3, -0.25) is 9.20 Å². The van der Waals surface area contributed by atoms with Crippen molar-refractivity contribution in [3.05, 3.63) is 47.5 Å². The fraction of sp³-hybridized carbons (Fsp3) is 0.222. The summed E-state index contributed by atoms with van der Waals surface area (Å²) in [5.41, 5.74) is 14.3. The van der Waals surface area contributed by atoms with Crippen LogP contribution in [0.25, 0.3) is 16.8 Å². The lowest BCUT2D eigenvalue weighted by atomic mass is 10.0. The van der Waals surface area contributed by atoms with Gasteiger partial charge in [-0.05, 0) is 54.3 Å². The van der Waals surface area contributed by atoms with E-state index in [4.69, 9.17) is 11.5 Å². The van der Waals surface area contributed by atoms with Gasteiger partial charge in [0.25, 0.3) is 0 Å². The number of pyridine rings is 1. The molecule has 7 heteroatoms. The Kier molecular flexibility index (Phi) is 3.28. The maximum Gasteiger partial charge on any atom is 0.189 e. The van der Waals surface area contributed by atoms with E-state index < -0.39 is 17.9 Å². The smallest absolute Gasteiger partial charge is 0.189 e. The molecular weight excluding hydrogens is 326 g/mol. The Morgan fingerprint density at radius 2 is 2.04 bits per heavy atom. The third-order valence-corrected chi connectivity index (χ3v) is 4.61. The number of imidazole rings is 1. The summed E-state index contributed by atoms with van der Waals surface area (Å²) in [6, 6.07) is 6.37. The zero-order chi connectivity index (χ0) is 17.9. The number of nitrogen functional groups attached to an aromatic ring is 2. The molecule has 1 aliphatic carbocycles. The molecule has 0 aliphatic heterocycles. The van der Waals surface area contributed by atoms with E-state index in [0.717, 1.165) is 0 Å². The number of fused-ring (bicyclic) bond motifs is 1. The second-order valence-corrected chi connectivity index (χ2v) is 6.39. The van der Waals surface area contributed by atoms with Crippen molar-refractivity contribution in [2.24, 2.45) is 5.92 Å². The number of hydrogen-bond donors (Lipinski definition) is 2. The molecule has 2 heterocycles. The summed E-state index contributed by atoms with van der Waals surface area (Å²) in [5.74, 6) is -1.35. The molecule has 0 unspecified atom stereocenters. The van der Waals surface area contributed by atoms with Crippen molar-refractivity contribution in [3.8, 4) is 11.1 Å². The number of rotatable bonds is 3. The van der Waals surface area contributed by atoms with Crippen LogP contribution in [0.3, 0.4) is 0 Å². The zero-order valence-corrected chi connectivity index (χ0v) is 13.5. The molecule has 128 valence electrons. The summed E-state index contributed by atoms with van der Waals surface area (Å²) in [6.07, 6.45) is 0.749. The molecule has 1 aromatic carbocycles. The van der Waals surface area contributed by atoms with Crippen molar-refractivity contribution >= 4 is 22.9 Å². The highest BCUT2D eigenvalue weighted by atomic mass is 19.1. The minimum absolute atomic E-state index is 0.0664. The molecule has 25 heavy (non-hydrogen) atoms. The summed E-state index contributed by atoms with van der Waals surface area (Å²) in [6.45, 7) is 1.65. The number of nitrogens with zero attached hydrogens (tertiary/aromatic N) is 2. The molecule has 5 nitrogen and oxygen atoms in total. The molecule has 0 amide bonds. The molecule has 0 bridgehead atoms. The van der Waals surface area contributed by atoms with Crippen LogP contribution in [0.2, 0.25) is 0 Å². The normalized spacial score (nSPS) is 19.3. The summed E-state index contributed by atoms with van der Waals surface area (Å²) in [5, 5.41) is 0. The lowest BCUT2D eigenvalue weighted by Gasteiger charge is -2.10. The first-order valence-corrected chi connectivity index (χ1v) is 7.88. The zero-order valence-electron chi connectivity index (χ0n) is 13.5. The largest absolute Gasteiger partial charge is 0.399 e. The van der Waals surface area contributed by atoms with Crippen molar-refractivity contribution < 1.29 is 13.6 Å². The minimum atomic E-state index is -1.12. The maximum atomic E-state index is 14.0. The van der Waals surface area contributed by atoms with Gasteiger partial charge in [0.05, 0.1) is 5.92 Å². The van der Waals surface area contributed by atoms with Gasteiger partial charge in [0.2, 0.25) is 0 Å². The van der Waals surface area contributed by atoms with Gasteiger partial charge in [-0.2, -0.15) is 0 Å². The van der Waals surface area contributed by atoms with Crippen LogP contribution >= 0.6 is 0 Å². The minimum Gasteiger partial charge on any atom is -0.399 e. The number of hydrogen-bond acceptors (Lipinski definition) is 4. The Hall–Kier alpha value is -2.96. The highest BCUT2D eigenvalue weighted by Gasteiger charge is 2.45. The van der Waals surface area contributed by atoms with Gasteiger partial charge in [-0.25, -0.2) is 13.8 Å². The summed E-state index contributed by atoms with van der Waals surface area (Å²) in [4.78, 5) is 16.6. The molecular formula is C18H16F2N4O. The maximum absolute atomic E-state index is 14.0. The molecule has 0 saturated heterocycles.